The number of hydrogen-bond acceptors (Lipinski definition) is 3. The van der Waals surface area contributed by atoms with Gasteiger partial charge in [-0.2, -0.15) is 0 Å². The van der Waals surface area contributed by atoms with Crippen LogP contribution in [0.25, 0.3) is 0 Å². The van der Waals surface area contributed by atoms with E-state index in [0.717, 1.165) is 12.4 Å². The predicted molar refractivity (Wildman–Crippen MR) is 62.9 cm³/mol. The lowest BCUT2D eigenvalue weighted by Crippen LogP contribution is -2.27. The number of rotatable bonds is 6. The number of aromatic nitrogens is 2. The Morgan fingerprint density at radius 1 is 1.56 bits per heavy atom. The van der Waals surface area contributed by atoms with Crippen LogP contribution >= 0.6 is 0 Å². The normalized spacial score (nSPS) is 10.4. The molecule has 0 saturated carbocycles. The van der Waals surface area contributed by atoms with Crippen molar-refractivity contribution in [2.24, 2.45) is 0 Å². The zero-order chi connectivity index (χ0) is 12.0. The van der Waals surface area contributed by atoms with Gasteiger partial charge in [0.2, 0.25) is 5.91 Å². The molecule has 5 nitrogen and oxygen atoms in total. The number of aryl methyl sites for hydroxylation is 1. The Bertz CT molecular complexity index is 332. The monoisotopic (exact) mass is 224 g/mol. The van der Waals surface area contributed by atoms with Gasteiger partial charge in [-0.25, -0.2) is 4.98 Å². The molecule has 0 radical (unpaired) electrons. The molecule has 0 aliphatic carbocycles. The van der Waals surface area contributed by atoms with E-state index in [4.69, 9.17) is 0 Å². The predicted octanol–water partition coefficient (Wildman–Crippen LogP) is 0.471. The van der Waals surface area contributed by atoms with E-state index in [1.807, 2.05) is 6.20 Å². The zero-order valence-corrected chi connectivity index (χ0v) is 10.2. The van der Waals surface area contributed by atoms with Crippen molar-refractivity contribution < 1.29 is 4.79 Å². The van der Waals surface area contributed by atoms with Gasteiger partial charge in [-0.3, -0.25) is 4.79 Å². The smallest absolute Gasteiger partial charge is 0.223 e. The van der Waals surface area contributed by atoms with Gasteiger partial charge in [0.25, 0.3) is 0 Å². The first-order chi connectivity index (χ1) is 7.65. The molecule has 1 aromatic rings. The standard InChI is InChI=1S/C11H20N4O/c1-4-15-8-7-13-10(15)9-12-6-5-11(16)14(2)3/h7-8,12H,4-6,9H2,1-3H3. The Kier molecular flexibility index (Phi) is 4.98. The van der Waals surface area contributed by atoms with Crippen molar-refractivity contribution in [3.8, 4) is 0 Å². The minimum atomic E-state index is 0.145. The molecule has 1 N–H and O–H groups in total. The highest BCUT2D eigenvalue weighted by molar-refractivity contribution is 5.75. The molecule has 90 valence electrons. The number of imidazole rings is 1. The summed E-state index contributed by atoms with van der Waals surface area (Å²) in [5.41, 5.74) is 0. The van der Waals surface area contributed by atoms with E-state index in [9.17, 15) is 4.79 Å². The number of amides is 1. The van der Waals surface area contributed by atoms with Crippen molar-refractivity contribution in [1.29, 1.82) is 0 Å². The average molecular weight is 224 g/mol. The Labute approximate surface area is 96.5 Å². The SMILES string of the molecule is CCn1ccnc1CNCCC(=O)N(C)C. The molecule has 1 amide bonds. The second-order valence-electron chi connectivity index (χ2n) is 3.84. The van der Waals surface area contributed by atoms with Crippen molar-refractivity contribution in [3.05, 3.63) is 18.2 Å². The van der Waals surface area contributed by atoms with Crippen molar-refractivity contribution in [2.75, 3.05) is 20.6 Å². The van der Waals surface area contributed by atoms with E-state index in [1.54, 1.807) is 25.2 Å². The van der Waals surface area contributed by atoms with Gasteiger partial charge in [-0.1, -0.05) is 0 Å². The quantitative estimate of drug-likeness (QED) is 0.715. The van der Waals surface area contributed by atoms with Gasteiger partial charge in [0.05, 0.1) is 6.54 Å². The summed E-state index contributed by atoms with van der Waals surface area (Å²) in [6, 6.07) is 0. The van der Waals surface area contributed by atoms with Gasteiger partial charge in [0, 0.05) is 46.0 Å². The molecule has 0 unspecified atom stereocenters. The summed E-state index contributed by atoms with van der Waals surface area (Å²) in [4.78, 5) is 17.1. The minimum Gasteiger partial charge on any atom is -0.349 e. The van der Waals surface area contributed by atoms with E-state index in [-0.39, 0.29) is 5.91 Å². The van der Waals surface area contributed by atoms with Crippen LogP contribution in [0.5, 0.6) is 0 Å². The van der Waals surface area contributed by atoms with Crippen molar-refractivity contribution >= 4 is 5.91 Å². The molecule has 0 saturated heterocycles. The molecule has 1 heterocycles. The third-order valence-electron chi connectivity index (χ3n) is 2.44. The van der Waals surface area contributed by atoms with E-state index in [1.165, 1.54) is 0 Å². The lowest BCUT2D eigenvalue weighted by Gasteiger charge is -2.10. The summed E-state index contributed by atoms with van der Waals surface area (Å²) < 4.78 is 2.08. The summed E-state index contributed by atoms with van der Waals surface area (Å²) in [6.07, 6.45) is 4.29. The van der Waals surface area contributed by atoms with Crippen LogP contribution in [0, 0.1) is 0 Å². The third-order valence-corrected chi connectivity index (χ3v) is 2.44. The Morgan fingerprint density at radius 2 is 2.31 bits per heavy atom. The molecule has 16 heavy (non-hydrogen) atoms. The fraction of sp³-hybridized carbons (Fsp3) is 0.636. The number of carbonyl (C=O) groups excluding carboxylic acids is 1. The second kappa shape index (κ2) is 6.27. The molecule has 0 bridgehead atoms. The second-order valence-corrected chi connectivity index (χ2v) is 3.84. The van der Waals surface area contributed by atoms with E-state index in [0.29, 0.717) is 19.5 Å². The average Bonchev–Trinajstić information content (AvgIpc) is 2.71. The van der Waals surface area contributed by atoms with Gasteiger partial charge in [0.15, 0.2) is 0 Å². The molecule has 0 spiro atoms. The number of carbonyl (C=O) groups is 1. The highest BCUT2D eigenvalue weighted by Gasteiger charge is 2.04. The van der Waals surface area contributed by atoms with Crippen LogP contribution in [-0.2, 0) is 17.9 Å². The maximum Gasteiger partial charge on any atom is 0.223 e. The summed E-state index contributed by atoms with van der Waals surface area (Å²) in [7, 11) is 3.54. The van der Waals surface area contributed by atoms with E-state index < -0.39 is 0 Å². The Morgan fingerprint density at radius 3 is 2.94 bits per heavy atom. The van der Waals surface area contributed by atoms with Crippen molar-refractivity contribution in [1.82, 2.24) is 19.8 Å². The molecule has 1 aromatic heterocycles. The summed E-state index contributed by atoms with van der Waals surface area (Å²) in [6.45, 7) is 4.41. The van der Waals surface area contributed by atoms with Crippen LogP contribution in [0.4, 0.5) is 0 Å². The molecular weight excluding hydrogens is 204 g/mol. The maximum absolute atomic E-state index is 11.3. The number of nitrogens with zero attached hydrogens (tertiary/aromatic N) is 3. The van der Waals surface area contributed by atoms with Gasteiger partial charge in [-0.05, 0) is 6.92 Å². The van der Waals surface area contributed by atoms with Gasteiger partial charge >= 0.3 is 0 Å². The van der Waals surface area contributed by atoms with Crippen LogP contribution < -0.4 is 5.32 Å². The number of hydrogen-bond donors (Lipinski definition) is 1. The van der Waals surface area contributed by atoms with Crippen LogP contribution in [0.1, 0.15) is 19.2 Å². The number of nitrogens with one attached hydrogen (secondary N) is 1. The van der Waals surface area contributed by atoms with Crippen LogP contribution in [0.2, 0.25) is 0 Å². The van der Waals surface area contributed by atoms with Crippen LogP contribution in [-0.4, -0.2) is 41.0 Å². The highest BCUT2D eigenvalue weighted by Crippen LogP contribution is 1.96. The first-order valence-corrected chi connectivity index (χ1v) is 5.56. The molecule has 1 rings (SSSR count). The van der Waals surface area contributed by atoms with Gasteiger partial charge in [0.1, 0.15) is 5.82 Å². The minimum absolute atomic E-state index is 0.145. The lowest BCUT2D eigenvalue weighted by molar-refractivity contribution is -0.128. The first kappa shape index (κ1) is 12.7. The van der Waals surface area contributed by atoms with Crippen LogP contribution in [0.3, 0.4) is 0 Å². The summed E-state index contributed by atoms with van der Waals surface area (Å²) in [5, 5.41) is 3.22. The van der Waals surface area contributed by atoms with E-state index >= 15 is 0 Å². The Balaban J connectivity index is 2.23. The van der Waals surface area contributed by atoms with Crippen molar-refractivity contribution in [3.63, 3.8) is 0 Å². The molecule has 0 atom stereocenters. The molecule has 5 heteroatoms. The highest BCUT2D eigenvalue weighted by atomic mass is 16.2. The van der Waals surface area contributed by atoms with E-state index in [2.05, 4.69) is 21.8 Å². The maximum atomic E-state index is 11.3. The molecular formula is C11H20N4O. The third kappa shape index (κ3) is 3.66. The van der Waals surface area contributed by atoms with Crippen molar-refractivity contribution in [2.45, 2.75) is 26.4 Å². The zero-order valence-electron chi connectivity index (χ0n) is 10.2. The fourth-order valence-corrected chi connectivity index (χ4v) is 1.41. The van der Waals surface area contributed by atoms with Gasteiger partial charge < -0.3 is 14.8 Å². The summed E-state index contributed by atoms with van der Waals surface area (Å²) in [5.74, 6) is 1.16. The Hall–Kier alpha value is -1.36. The largest absolute Gasteiger partial charge is 0.349 e. The molecule has 0 aromatic carbocycles. The fourth-order valence-electron chi connectivity index (χ4n) is 1.41. The summed E-state index contributed by atoms with van der Waals surface area (Å²) >= 11 is 0. The first-order valence-electron chi connectivity index (χ1n) is 5.56. The topological polar surface area (TPSA) is 50.2 Å². The lowest BCUT2D eigenvalue weighted by atomic mass is 10.4. The molecule has 0 fully saturated rings. The van der Waals surface area contributed by atoms with Gasteiger partial charge in [-0.15, -0.1) is 0 Å². The molecule has 0 aliphatic heterocycles. The molecule has 0 aliphatic rings. The van der Waals surface area contributed by atoms with Crippen LogP contribution in [0.15, 0.2) is 12.4 Å².